The number of rotatable bonds is 6. The largest absolute Gasteiger partial charge is 0.336 e. The molecule has 0 spiro atoms. The predicted octanol–water partition coefficient (Wildman–Crippen LogP) is 2.10. The topological polar surface area (TPSA) is 119 Å². The number of piperazine rings is 1. The van der Waals surface area contributed by atoms with Crippen molar-refractivity contribution in [2.75, 3.05) is 32.7 Å². The number of sulfonamides is 1. The smallest absolute Gasteiger partial charge is 0.261 e. The van der Waals surface area contributed by atoms with E-state index >= 15 is 0 Å². The normalized spacial score (nSPS) is 16.5. The first-order valence-electron chi connectivity index (χ1n) is 11.1. The number of benzene rings is 2. The molecule has 34 heavy (non-hydrogen) atoms. The zero-order valence-corrected chi connectivity index (χ0v) is 19.5. The van der Waals surface area contributed by atoms with Gasteiger partial charge in [0.2, 0.25) is 10.0 Å². The number of imide groups is 1. The number of hydrogen-bond acceptors (Lipinski definition) is 6. The van der Waals surface area contributed by atoms with Gasteiger partial charge in [-0.25, -0.2) is 8.42 Å². The molecular weight excluding hydrogens is 456 g/mol. The molecule has 0 aliphatic carbocycles. The highest BCUT2D eigenvalue weighted by Gasteiger charge is 2.36. The van der Waals surface area contributed by atoms with Gasteiger partial charge in [0, 0.05) is 38.3 Å². The van der Waals surface area contributed by atoms with Crippen LogP contribution in [0.3, 0.4) is 0 Å². The molecule has 0 radical (unpaired) electrons. The Kier molecular flexibility index (Phi) is 6.50. The van der Waals surface area contributed by atoms with Crippen LogP contribution in [-0.2, 0) is 10.0 Å². The van der Waals surface area contributed by atoms with Crippen molar-refractivity contribution >= 4 is 27.7 Å². The molecule has 1 fully saturated rings. The third-order valence-corrected chi connectivity index (χ3v) is 8.06. The Bertz CT molecular complexity index is 1310. The van der Waals surface area contributed by atoms with E-state index in [-0.39, 0.29) is 59.6 Å². The van der Waals surface area contributed by atoms with Gasteiger partial charge in [-0.15, -0.1) is 0 Å². The molecule has 3 amide bonds. The van der Waals surface area contributed by atoms with Crippen LogP contribution in [-0.4, -0.2) is 73.0 Å². The molecule has 10 heteroatoms. The van der Waals surface area contributed by atoms with Crippen molar-refractivity contribution in [1.82, 2.24) is 14.1 Å². The summed E-state index contributed by atoms with van der Waals surface area (Å²) in [7, 11) is -3.87. The maximum Gasteiger partial charge on any atom is 0.261 e. The molecule has 0 N–H and O–H groups in total. The maximum absolute atomic E-state index is 13.1. The van der Waals surface area contributed by atoms with Gasteiger partial charge in [0.25, 0.3) is 17.7 Å². The zero-order chi connectivity index (χ0) is 24.5. The van der Waals surface area contributed by atoms with Crippen molar-refractivity contribution in [1.29, 1.82) is 5.26 Å². The lowest BCUT2D eigenvalue weighted by Gasteiger charge is -2.34. The highest BCUT2D eigenvalue weighted by Crippen LogP contribution is 2.26. The number of fused-ring (bicyclic) bond motifs is 1. The van der Waals surface area contributed by atoms with Gasteiger partial charge in [-0.2, -0.15) is 9.57 Å². The minimum atomic E-state index is -3.87. The van der Waals surface area contributed by atoms with E-state index in [4.69, 9.17) is 0 Å². The van der Waals surface area contributed by atoms with Crippen LogP contribution in [0.4, 0.5) is 0 Å². The van der Waals surface area contributed by atoms with E-state index in [1.807, 2.05) is 13.0 Å². The number of unbranched alkanes of at least 4 members (excludes halogenated alkanes) is 1. The molecule has 2 aromatic rings. The van der Waals surface area contributed by atoms with Gasteiger partial charge >= 0.3 is 0 Å². The van der Waals surface area contributed by atoms with Crippen molar-refractivity contribution in [2.45, 2.75) is 24.7 Å². The molecule has 2 aliphatic heterocycles. The highest BCUT2D eigenvalue weighted by molar-refractivity contribution is 7.89. The summed E-state index contributed by atoms with van der Waals surface area (Å²) in [6.07, 6.45) is 1.56. The van der Waals surface area contributed by atoms with Crippen LogP contribution in [0.5, 0.6) is 0 Å². The Morgan fingerprint density at radius 1 is 1.00 bits per heavy atom. The summed E-state index contributed by atoms with van der Waals surface area (Å²) < 4.78 is 27.3. The fraction of sp³-hybridized carbons (Fsp3) is 0.333. The van der Waals surface area contributed by atoms with Crippen LogP contribution in [0.25, 0.3) is 0 Å². The quantitative estimate of drug-likeness (QED) is 0.584. The standard InChI is InChI=1S/C24H24N4O5S/c1-2-3-10-28-23(30)19-9-8-17(15-20(19)24(28)31)22(29)26-11-13-27(14-12-26)34(32,33)21-7-5-4-6-18(21)16-25/h4-9,15H,2-3,10-14H2,1H3. The first-order valence-corrected chi connectivity index (χ1v) is 12.5. The Morgan fingerprint density at radius 3 is 2.35 bits per heavy atom. The lowest BCUT2D eigenvalue weighted by molar-refractivity contribution is 0.0651. The summed E-state index contributed by atoms with van der Waals surface area (Å²) in [5, 5.41) is 9.25. The minimum absolute atomic E-state index is 0.0493. The van der Waals surface area contributed by atoms with E-state index in [1.165, 1.54) is 44.4 Å². The summed E-state index contributed by atoms with van der Waals surface area (Å²) in [6, 6.07) is 12.4. The molecule has 0 bridgehead atoms. The fourth-order valence-electron chi connectivity index (χ4n) is 4.18. The van der Waals surface area contributed by atoms with Crippen LogP contribution < -0.4 is 0 Å². The summed E-state index contributed by atoms with van der Waals surface area (Å²) in [6.45, 7) is 2.82. The number of carbonyl (C=O) groups excluding carboxylic acids is 3. The number of hydrogen-bond donors (Lipinski definition) is 0. The lowest BCUT2D eigenvalue weighted by atomic mass is 10.0. The van der Waals surface area contributed by atoms with E-state index < -0.39 is 15.9 Å². The monoisotopic (exact) mass is 480 g/mol. The summed E-state index contributed by atoms with van der Waals surface area (Å²) >= 11 is 0. The predicted molar refractivity (Wildman–Crippen MR) is 123 cm³/mol. The van der Waals surface area contributed by atoms with Crippen molar-refractivity contribution in [3.05, 3.63) is 64.7 Å². The SMILES string of the molecule is CCCCN1C(=O)c2ccc(C(=O)N3CCN(S(=O)(=O)c4ccccc4C#N)CC3)cc2C1=O. The van der Waals surface area contributed by atoms with Crippen molar-refractivity contribution in [2.24, 2.45) is 0 Å². The first-order chi connectivity index (χ1) is 16.3. The Labute approximate surface area is 198 Å². The highest BCUT2D eigenvalue weighted by atomic mass is 32.2. The number of nitriles is 1. The number of amides is 3. The van der Waals surface area contributed by atoms with E-state index in [1.54, 1.807) is 12.1 Å². The molecule has 0 unspecified atom stereocenters. The van der Waals surface area contributed by atoms with Crippen molar-refractivity contribution in [3.8, 4) is 6.07 Å². The maximum atomic E-state index is 13.1. The minimum Gasteiger partial charge on any atom is -0.336 e. The van der Waals surface area contributed by atoms with Gasteiger partial charge < -0.3 is 4.90 Å². The molecule has 0 saturated carbocycles. The molecule has 2 aliphatic rings. The molecule has 2 heterocycles. The molecule has 9 nitrogen and oxygen atoms in total. The Hall–Kier alpha value is -3.55. The molecule has 0 atom stereocenters. The van der Waals surface area contributed by atoms with Crippen LogP contribution in [0.2, 0.25) is 0 Å². The fourth-order valence-corrected chi connectivity index (χ4v) is 5.74. The van der Waals surface area contributed by atoms with E-state index in [0.29, 0.717) is 18.5 Å². The second kappa shape index (κ2) is 9.37. The molecular formula is C24H24N4O5S. The van der Waals surface area contributed by atoms with Crippen LogP contribution >= 0.6 is 0 Å². The van der Waals surface area contributed by atoms with Crippen molar-refractivity contribution < 1.29 is 22.8 Å². The molecule has 1 saturated heterocycles. The first kappa shape index (κ1) is 23.6. The third kappa shape index (κ3) is 4.08. The summed E-state index contributed by atoms with van der Waals surface area (Å²) in [5.41, 5.74) is 0.876. The molecule has 176 valence electrons. The molecule has 2 aromatic carbocycles. The van der Waals surface area contributed by atoms with Crippen LogP contribution in [0, 0.1) is 11.3 Å². The zero-order valence-electron chi connectivity index (χ0n) is 18.7. The third-order valence-electron chi connectivity index (χ3n) is 6.10. The Balaban J connectivity index is 1.47. The Morgan fingerprint density at radius 2 is 1.68 bits per heavy atom. The second-order valence-electron chi connectivity index (χ2n) is 8.18. The van der Waals surface area contributed by atoms with Gasteiger partial charge in [-0.05, 0) is 36.8 Å². The molecule has 0 aromatic heterocycles. The van der Waals surface area contributed by atoms with E-state index in [9.17, 15) is 28.1 Å². The van der Waals surface area contributed by atoms with Gasteiger partial charge in [0.15, 0.2) is 0 Å². The van der Waals surface area contributed by atoms with E-state index in [0.717, 1.165) is 6.42 Å². The summed E-state index contributed by atoms with van der Waals surface area (Å²) in [4.78, 5) is 41.0. The van der Waals surface area contributed by atoms with Crippen molar-refractivity contribution in [3.63, 3.8) is 0 Å². The van der Waals surface area contributed by atoms with Gasteiger partial charge in [0.1, 0.15) is 6.07 Å². The average molecular weight is 481 g/mol. The second-order valence-corrected chi connectivity index (χ2v) is 10.1. The van der Waals surface area contributed by atoms with Crippen LogP contribution in [0.15, 0.2) is 47.4 Å². The van der Waals surface area contributed by atoms with Gasteiger partial charge in [-0.1, -0.05) is 25.5 Å². The van der Waals surface area contributed by atoms with Gasteiger partial charge in [-0.3, -0.25) is 19.3 Å². The molecule has 4 rings (SSSR count). The lowest BCUT2D eigenvalue weighted by Crippen LogP contribution is -2.50. The number of carbonyl (C=O) groups is 3. The van der Waals surface area contributed by atoms with Crippen LogP contribution in [0.1, 0.15) is 56.4 Å². The number of nitrogens with zero attached hydrogens (tertiary/aromatic N) is 4. The average Bonchev–Trinajstić information content (AvgIpc) is 3.10. The van der Waals surface area contributed by atoms with E-state index in [2.05, 4.69) is 0 Å². The van der Waals surface area contributed by atoms with Gasteiger partial charge in [0.05, 0.1) is 21.6 Å². The summed E-state index contributed by atoms with van der Waals surface area (Å²) in [5.74, 6) is -1.07.